The van der Waals surface area contributed by atoms with Crippen LogP contribution < -0.4 is 0 Å². The molecule has 2 aromatic carbocycles. The van der Waals surface area contributed by atoms with Crippen molar-refractivity contribution in [2.45, 2.75) is 33.1 Å². The fourth-order valence-electron chi connectivity index (χ4n) is 4.09. The van der Waals surface area contributed by atoms with Gasteiger partial charge >= 0.3 is 0 Å². The zero-order valence-electron chi connectivity index (χ0n) is 16.1. The largest absolute Gasteiger partial charge is 0.469 e. The van der Waals surface area contributed by atoms with E-state index < -0.39 is 0 Å². The second kappa shape index (κ2) is 7.84. The van der Waals surface area contributed by atoms with Crippen molar-refractivity contribution < 1.29 is 4.42 Å². The molecule has 1 heteroatoms. The molecule has 0 spiro atoms. The molecule has 1 aliphatic carbocycles. The van der Waals surface area contributed by atoms with E-state index in [4.69, 9.17) is 4.42 Å². The maximum atomic E-state index is 5.67. The summed E-state index contributed by atoms with van der Waals surface area (Å²) in [4.78, 5) is 0. The van der Waals surface area contributed by atoms with Crippen molar-refractivity contribution in [3.63, 3.8) is 0 Å². The van der Waals surface area contributed by atoms with Crippen molar-refractivity contribution in [1.82, 2.24) is 0 Å². The van der Waals surface area contributed by atoms with E-state index in [-0.39, 0.29) is 0 Å². The smallest absolute Gasteiger partial charge is 0.104 e. The van der Waals surface area contributed by atoms with Gasteiger partial charge in [-0.25, -0.2) is 0 Å². The van der Waals surface area contributed by atoms with Crippen LogP contribution in [0.25, 0.3) is 5.57 Å². The molecule has 1 heterocycles. The Morgan fingerprint density at radius 1 is 0.852 bits per heavy atom. The second-order valence-corrected chi connectivity index (χ2v) is 7.50. The molecule has 1 aromatic heterocycles. The molecular formula is C26H26O. The van der Waals surface area contributed by atoms with Crippen molar-refractivity contribution in [3.8, 4) is 0 Å². The lowest BCUT2D eigenvalue weighted by atomic mass is 9.84. The Balaban J connectivity index is 1.54. The van der Waals surface area contributed by atoms with Gasteiger partial charge in [0, 0.05) is 12.3 Å². The van der Waals surface area contributed by atoms with Gasteiger partial charge in [-0.05, 0) is 61.1 Å². The molecular weight excluding hydrogens is 328 g/mol. The summed E-state index contributed by atoms with van der Waals surface area (Å²) in [7, 11) is 0. The Labute approximate surface area is 162 Å². The predicted molar refractivity (Wildman–Crippen MR) is 113 cm³/mol. The zero-order chi connectivity index (χ0) is 18.6. The predicted octanol–water partition coefficient (Wildman–Crippen LogP) is 6.71. The molecule has 136 valence electrons. The summed E-state index contributed by atoms with van der Waals surface area (Å²) < 4.78 is 5.67. The molecule has 0 aliphatic heterocycles. The number of aryl methyl sites for hydroxylation is 3. The number of rotatable bonds is 6. The molecule has 0 N–H and O–H groups in total. The molecule has 0 amide bonds. The number of benzene rings is 2. The number of furan rings is 1. The molecule has 0 bridgehead atoms. The molecule has 0 radical (unpaired) electrons. The van der Waals surface area contributed by atoms with Gasteiger partial charge in [0.05, 0.1) is 6.26 Å². The quantitative estimate of drug-likeness (QED) is 0.479. The third-order valence-electron chi connectivity index (χ3n) is 5.57. The van der Waals surface area contributed by atoms with E-state index in [1.54, 1.807) is 6.26 Å². The van der Waals surface area contributed by atoms with Crippen LogP contribution in [0.15, 0.2) is 89.1 Å². The van der Waals surface area contributed by atoms with Crippen LogP contribution in [-0.2, 0) is 12.8 Å². The molecule has 3 aromatic rings. The Hall–Kier alpha value is -2.80. The van der Waals surface area contributed by atoms with Crippen LogP contribution in [0.2, 0.25) is 0 Å². The van der Waals surface area contributed by atoms with Gasteiger partial charge in [-0.15, -0.1) is 0 Å². The van der Waals surface area contributed by atoms with E-state index in [1.807, 2.05) is 6.07 Å². The van der Waals surface area contributed by atoms with Gasteiger partial charge in [-0.3, -0.25) is 0 Å². The van der Waals surface area contributed by atoms with Crippen LogP contribution in [-0.4, -0.2) is 0 Å². The number of allylic oxidation sites excluding steroid dienone is 4. The monoisotopic (exact) mass is 354 g/mol. The van der Waals surface area contributed by atoms with Gasteiger partial charge in [0.2, 0.25) is 0 Å². The molecule has 0 saturated carbocycles. The Morgan fingerprint density at radius 2 is 1.70 bits per heavy atom. The van der Waals surface area contributed by atoms with E-state index in [0.29, 0.717) is 5.92 Å². The average molecular weight is 354 g/mol. The number of hydrogen-bond acceptors (Lipinski definition) is 1. The third kappa shape index (κ3) is 3.98. The van der Waals surface area contributed by atoms with Crippen molar-refractivity contribution in [3.05, 3.63) is 113 Å². The maximum Gasteiger partial charge on any atom is 0.104 e. The first-order valence-corrected chi connectivity index (χ1v) is 9.75. The van der Waals surface area contributed by atoms with Crippen molar-refractivity contribution >= 4 is 5.57 Å². The first-order valence-electron chi connectivity index (χ1n) is 9.75. The maximum absolute atomic E-state index is 5.67. The van der Waals surface area contributed by atoms with Crippen LogP contribution in [0.1, 0.15) is 34.4 Å². The normalized spacial score (nSPS) is 16.3. The molecule has 27 heavy (non-hydrogen) atoms. The van der Waals surface area contributed by atoms with Crippen LogP contribution in [0.5, 0.6) is 0 Å². The summed E-state index contributed by atoms with van der Waals surface area (Å²) in [6.07, 6.45) is 9.51. The Bertz CT molecular complexity index is 959. The topological polar surface area (TPSA) is 13.1 Å². The summed E-state index contributed by atoms with van der Waals surface area (Å²) in [6.45, 7) is 4.38. The molecule has 1 atom stereocenters. The minimum Gasteiger partial charge on any atom is -0.469 e. The molecule has 0 fully saturated rings. The van der Waals surface area contributed by atoms with Crippen LogP contribution in [0.4, 0.5) is 0 Å². The lowest BCUT2D eigenvalue weighted by Gasteiger charge is -2.20. The highest BCUT2D eigenvalue weighted by Gasteiger charge is 2.25. The second-order valence-electron chi connectivity index (χ2n) is 7.50. The first kappa shape index (κ1) is 17.6. The summed E-state index contributed by atoms with van der Waals surface area (Å²) in [5.74, 6) is 1.45. The van der Waals surface area contributed by atoms with E-state index in [0.717, 1.165) is 25.0 Å². The lowest BCUT2D eigenvalue weighted by Crippen LogP contribution is -2.08. The fourth-order valence-corrected chi connectivity index (χ4v) is 4.09. The van der Waals surface area contributed by atoms with Gasteiger partial charge in [0.15, 0.2) is 0 Å². The lowest BCUT2D eigenvalue weighted by molar-refractivity contribution is 0.492. The van der Waals surface area contributed by atoms with E-state index in [2.05, 4.69) is 80.6 Å². The van der Waals surface area contributed by atoms with Crippen LogP contribution in [0, 0.1) is 19.8 Å². The Morgan fingerprint density at radius 3 is 2.44 bits per heavy atom. The van der Waals surface area contributed by atoms with Gasteiger partial charge in [0.1, 0.15) is 5.76 Å². The van der Waals surface area contributed by atoms with E-state index in [1.165, 1.54) is 33.4 Å². The van der Waals surface area contributed by atoms with Crippen molar-refractivity contribution in [2.24, 2.45) is 5.92 Å². The molecule has 1 aliphatic rings. The summed E-state index contributed by atoms with van der Waals surface area (Å²) in [5.41, 5.74) is 8.40. The van der Waals surface area contributed by atoms with Gasteiger partial charge in [-0.2, -0.15) is 0 Å². The average Bonchev–Trinajstić information content (AvgIpc) is 3.32. The third-order valence-corrected chi connectivity index (χ3v) is 5.57. The van der Waals surface area contributed by atoms with Crippen LogP contribution >= 0.6 is 0 Å². The van der Waals surface area contributed by atoms with E-state index >= 15 is 0 Å². The highest BCUT2D eigenvalue weighted by atomic mass is 16.3. The van der Waals surface area contributed by atoms with Crippen molar-refractivity contribution in [1.29, 1.82) is 0 Å². The van der Waals surface area contributed by atoms with Gasteiger partial charge < -0.3 is 4.42 Å². The molecule has 1 nitrogen and oxygen atoms in total. The van der Waals surface area contributed by atoms with E-state index in [9.17, 15) is 0 Å². The highest BCUT2D eigenvalue weighted by molar-refractivity contribution is 5.75. The SMILES string of the molecule is Cc1ccc(CCC2=CC=C(c3ccccc3)C2Cc2ccco2)c(C)c1. The Kier molecular flexibility index (Phi) is 5.11. The van der Waals surface area contributed by atoms with Gasteiger partial charge in [0.25, 0.3) is 0 Å². The minimum absolute atomic E-state index is 0.393. The molecule has 4 rings (SSSR count). The minimum atomic E-state index is 0.393. The summed E-state index contributed by atoms with van der Waals surface area (Å²) in [5, 5.41) is 0. The molecule has 0 saturated heterocycles. The van der Waals surface area contributed by atoms with Crippen LogP contribution in [0.3, 0.4) is 0 Å². The fraction of sp³-hybridized carbons (Fsp3) is 0.231. The van der Waals surface area contributed by atoms with Gasteiger partial charge in [-0.1, -0.05) is 71.8 Å². The highest BCUT2D eigenvalue weighted by Crippen LogP contribution is 2.39. The summed E-state index contributed by atoms with van der Waals surface area (Å²) in [6, 6.07) is 21.6. The zero-order valence-corrected chi connectivity index (χ0v) is 16.1. The standard InChI is InChI=1S/C26H26O/c1-19-10-11-21(20(2)17-19)12-13-23-14-15-25(22-7-4-3-5-8-22)26(23)18-24-9-6-16-27-24/h3-11,14-17,26H,12-13,18H2,1-2H3. The summed E-state index contributed by atoms with van der Waals surface area (Å²) >= 11 is 0. The molecule has 1 unspecified atom stereocenters. The first-order chi connectivity index (χ1) is 13.2. The number of hydrogen-bond donors (Lipinski definition) is 0. The van der Waals surface area contributed by atoms with Crippen molar-refractivity contribution in [2.75, 3.05) is 0 Å².